The van der Waals surface area contributed by atoms with E-state index in [9.17, 15) is 25.9 Å². The molecule has 0 bridgehead atoms. The van der Waals surface area contributed by atoms with Crippen LogP contribution < -0.4 is 63.9 Å². The van der Waals surface area contributed by atoms with E-state index in [-0.39, 0.29) is 70.4 Å². The van der Waals surface area contributed by atoms with E-state index in [1.165, 1.54) is 48.5 Å². The van der Waals surface area contributed by atoms with Crippen LogP contribution in [-0.2, 0) is 29.2 Å². The van der Waals surface area contributed by atoms with Gasteiger partial charge in [0.1, 0.15) is 11.9 Å². The molecule has 2 rings (SSSR count). The molecule has 0 N–H and O–H groups in total. The number of benzene rings is 2. The summed E-state index contributed by atoms with van der Waals surface area (Å²) in [4.78, 5) is 7.54. The molecule has 0 fully saturated rings. The average molecular weight is 563 g/mol. The second-order valence-corrected chi connectivity index (χ2v) is 8.19. The third kappa shape index (κ3) is 12.5. The van der Waals surface area contributed by atoms with Crippen LogP contribution in [0.4, 0.5) is 11.4 Å². The molecule has 0 aromatic heterocycles. The maximum Gasteiger partial charge on any atom is 1.00 e. The second-order valence-electron chi connectivity index (χ2n) is 5.77. The normalized spacial score (nSPS) is 12.5. The van der Waals surface area contributed by atoms with Crippen molar-refractivity contribution in [2.24, 2.45) is 9.98 Å². The van der Waals surface area contributed by atoms with Gasteiger partial charge in [0, 0.05) is 0 Å². The predicted molar refractivity (Wildman–Crippen MR) is 116 cm³/mol. The molecule has 0 heterocycles. The van der Waals surface area contributed by atoms with E-state index in [2.05, 4.69) is 53.1 Å². The molecule has 34 heavy (non-hydrogen) atoms. The molecule has 0 saturated heterocycles. The van der Waals surface area contributed by atoms with Crippen LogP contribution in [0.2, 0.25) is 0 Å². The van der Waals surface area contributed by atoms with Crippen molar-refractivity contribution >= 4 is 66.9 Å². The van der Waals surface area contributed by atoms with Crippen molar-refractivity contribution in [1.82, 2.24) is 0 Å². The number of hydrogen-bond acceptors (Lipinski definition) is 13. The van der Waals surface area contributed by atoms with Gasteiger partial charge in [-0.05, 0) is 66.4 Å². The molecule has 2 atom stereocenters. The average Bonchev–Trinajstić information content (AvgIpc) is 2.70. The van der Waals surface area contributed by atoms with Crippen molar-refractivity contribution in [1.29, 1.82) is 0 Å². The van der Waals surface area contributed by atoms with Gasteiger partial charge in [0.15, 0.2) is 6.10 Å². The van der Waals surface area contributed by atoms with E-state index in [0.717, 1.165) is 0 Å². The summed E-state index contributed by atoms with van der Waals surface area (Å²) in [5.41, 5.74) is 1.08. The van der Waals surface area contributed by atoms with Gasteiger partial charge in [-0.1, -0.05) is 12.1 Å². The van der Waals surface area contributed by atoms with Crippen LogP contribution in [-0.4, -0.2) is 49.0 Å². The zero-order valence-corrected chi connectivity index (χ0v) is 24.9. The van der Waals surface area contributed by atoms with E-state index in [0.29, 0.717) is 11.4 Å². The molecule has 11 nitrogen and oxygen atoms in total. The van der Waals surface area contributed by atoms with Crippen LogP contribution in [0, 0.1) is 0 Å². The molecule has 2 aromatic carbocycles. The van der Waals surface area contributed by atoms with Gasteiger partial charge < -0.3 is 13.8 Å². The quantitative estimate of drug-likeness (QED) is 0.0881. The smallest absolute Gasteiger partial charge is 0.726 e. The fourth-order valence-electron chi connectivity index (χ4n) is 2.42. The Morgan fingerprint density at radius 2 is 1.29 bits per heavy atom. The molecule has 2 aromatic rings. The number of rotatable bonds is 11. The second kappa shape index (κ2) is 15.6. The molecule has 0 aliphatic carbocycles. The topological polar surface area (TPSA) is 167 Å². The third-order valence-corrected chi connectivity index (χ3v) is 4.72. The Hall–Kier alpha value is -0.420. The monoisotopic (exact) mass is 562 g/mol. The molecule has 0 spiro atoms. The molecule has 170 valence electrons. The first-order valence-corrected chi connectivity index (χ1v) is 11.8. The first-order chi connectivity index (χ1) is 15.0. The summed E-state index contributed by atoms with van der Waals surface area (Å²) in [6.45, 7) is -1.12. The van der Waals surface area contributed by atoms with Gasteiger partial charge in [0.05, 0.1) is 28.3 Å². The molecule has 17 heteroatoms. The number of ether oxygens (including phenoxy) is 1. The Balaban J connectivity index is 0.00000544. The summed E-state index contributed by atoms with van der Waals surface area (Å²) in [6, 6.07) is 11.7. The minimum atomic E-state index is -5.35. The molecule has 0 unspecified atom stereocenters. The van der Waals surface area contributed by atoms with Crippen LogP contribution in [0.3, 0.4) is 0 Å². The standard InChI is InChI=1S/C17H14N2O9S4.2Na/c20-31(21,22)26-9-16(28-32(23,24)25)17(12-1-3-13(4-2-12)18-10-29)27-15-7-5-14(6-8-15)19-11-30;;/h1-8,16-17H,9H2,(H,20,21,22)(H,23,24,25);;/q;2*+1/p-2/t16-,17+;;/m0../s1. The van der Waals surface area contributed by atoms with Gasteiger partial charge in [-0.3, -0.25) is 8.37 Å². The number of nitrogens with zero attached hydrogens (tertiary/aromatic N) is 2. The summed E-state index contributed by atoms with van der Waals surface area (Å²) < 4.78 is 80.6. The zero-order chi connectivity index (χ0) is 23.8. The molecule has 0 amide bonds. The number of isothiocyanates is 2. The van der Waals surface area contributed by atoms with Crippen molar-refractivity contribution in [2.75, 3.05) is 6.61 Å². The van der Waals surface area contributed by atoms with Gasteiger partial charge in [-0.15, -0.1) is 0 Å². The zero-order valence-electron chi connectivity index (χ0n) is 17.7. The number of thiocarbonyl (C=S) groups is 2. The number of aliphatic imine (C=N–C) groups is 2. The molecular formula is C17H12N2Na2O9S4. The minimum absolute atomic E-state index is 0. The van der Waals surface area contributed by atoms with E-state index in [1.54, 1.807) is 0 Å². The van der Waals surface area contributed by atoms with Gasteiger partial charge in [0.2, 0.25) is 20.8 Å². The van der Waals surface area contributed by atoms with E-state index in [1.807, 2.05) is 0 Å². The fraction of sp³-hybridized carbons (Fsp3) is 0.176. The Kier molecular flexibility index (Phi) is 15.4. The van der Waals surface area contributed by atoms with Crippen molar-refractivity contribution in [2.45, 2.75) is 12.2 Å². The first-order valence-electron chi connectivity index (χ1n) is 8.27. The maximum atomic E-state index is 11.2. The van der Waals surface area contributed by atoms with Crippen LogP contribution in [0.25, 0.3) is 0 Å². The summed E-state index contributed by atoms with van der Waals surface area (Å²) >= 11 is 9.04. The van der Waals surface area contributed by atoms with E-state index >= 15 is 0 Å². The van der Waals surface area contributed by atoms with Crippen molar-refractivity contribution < 1.29 is 98.2 Å². The third-order valence-electron chi connectivity index (χ3n) is 3.63. The molecule has 0 aliphatic heterocycles. The van der Waals surface area contributed by atoms with Crippen molar-refractivity contribution in [3.8, 4) is 5.75 Å². The maximum absolute atomic E-state index is 11.2. The van der Waals surface area contributed by atoms with E-state index < -0.39 is 39.6 Å². The number of hydrogen-bond donors (Lipinski definition) is 0. The van der Waals surface area contributed by atoms with Crippen LogP contribution >= 0.6 is 24.4 Å². The SMILES string of the molecule is O=S(=O)([O-])OC[C@H](OS(=O)(=O)[O-])[C@H](Oc1ccc(N=C=S)cc1)c1ccc(N=C=S)cc1.[Na+].[Na+]. The predicted octanol–water partition coefficient (Wildman–Crippen LogP) is -3.39. The minimum Gasteiger partial charge on any atom is -0.726 e. The molecular weight excluding hydrogens is 550 g/mol. The van der Waals surface area contributed by atoms with Crippen molar-refractivity contribution in [3.05, 3.63) is 54.1 Å². The van der Waals surface area contributed by atoms with Crippen LogP contribution in [0.15, 0.2) is 58.5 Å². The Morgan fingerprint density at radius 1 is 0.824 bits per heavy atom. The van der Waals surface area contributed by atoms with Crippen molar-refractivity contribution in [3.63, 3.8) is 0 Å². The Bertz CT molecular complexity index is 1240. The van der Waals surface area contributed by atoms with E-state index in [4.69, 9.17) is 4.74 Å². The van der Waals surface area contributed by atoms with Crippen LogP contribution in [0.1, 0.15) is 11.7 Å². The summed E-state index contributed by atoms with van der Waals surface area (Å²) in [5, 5.41) is 4.35. The van der Waals surface area contributed by atoms with Gasteiger partial charge in [-0.25, -0.2) is 16.8 Å². The van der Waals surface area contributed by atoms with Gasteiger partial charge in [0.25, 0.3) is 0 Å². The summed E-state index contributed by atoms with van der Waals surface area (Å²) in [6.07, 6.45) is -3.26. The van der Waals surface area contributed by atoms with Gasteiger partial charge >= 0.3 is 59.1 Å². The Labute approximate surface area is 251 Å². The first kappa shape index (κ1) is 33.6. The largest absolute Gasteiger partial charge is 1.00 e. The van der Waals surface area contributed by atoms with Crippen LogP contribution in [0.5, 0.6) is 5.75 Å². The molecule has 0 saturated carbocycles. The summed E-state index contributed by atoms with van der Waals surface area (Å²) in [7, 11) is -10.6. The molecule has 0 radical (unpaired) electrons. The van der Waals surface area contributed by atoms with Gasteiger partial charge in [-0.2, -0.15) is 9.98 Å². The fourth-order valence-corrected chi connectivity index (χ4v) is 3.39. The summed E-state index contributed by atoms with van der Waals surface area (Å²) in [5.74, 6) is 0.154. The Morgan fingerprint density at radius 3 is 1.71 bits per heavy atom. The molecule has 0 aliphatic rings.